The first kappa shape index (κ1) is 14.8. The number of nitrogens with zero attached hydrogens (tertiary/aromatic N) is 1. The first-order valence-electron chi connectivity index (χ1n) is 5.63. The van der Waals surface area contributed by atoms with Crippen LogP contribution in [0.25, 0.3) is 0 Å². The average Bonchev–Trinajstić information content (AvgIpc) is 2.42. The second kappa shape index (κ2) is 7.97. The summed E-state index contributed by atoms with van der Waals surface area (Å²) in [6, 6.07) is 3.74. The Morgan fingerprint density at radius 1 is 1.11 bits per heavy atom. The van der Waals surface area contributed by atoms with E-state index in [2.05, 4.69) is 20.9 Å². The number of methoxy groups -OCH3 is 3. The van der Waals surface area contributed by atoms with Crippen molar-refractivity contribution in [1.82, 2.24) is 0 Å². The van der Waals surface area contributed by atoms with Gasteiger partial charge in [0.15, 0.2) is 11.5 Å². The summed E-state index contributed by atoms with van der Waals surface area (Å²) < 4.78 is 15.9. The lowest BCUT2D eigenvalue weighted by atomic mass is 10.2. The van der Waals surface area contributed by atoms with Gasteiger partial charge in [0, 0.05) is 23.7 Å². The van der Waals surface area contributed by atoms with Crippen LogP contribution in [0.15, 0.2) is 17.1 Å². The Labute approximate surface area is 116 Å². The molecule has 0 atom stereocenters. The SMILES string of the molecule is COc1ccc(C=NCCCBr)c(OC)c1OC. The highest BCUT2D eigenvalue weighted by molar-refractivity contribution is 9.09. The standard InChI is InChI=1S/C13H18BrNO3/c1-16-11-6-5-10(9-15-8-4-7-14)12(17-2)13(11)18-3/h5-6,9H,4,7-8H2,1-3H3. The Balaban J connectivity index is 3.01. The second-order valence-corrected chi connectivity index (χ2v) is 4.29. The quantitative estimate of drug-likeness (QED) is 0.441. The molecule has 0 N–H and O–H groups in total. The number of aliphatic imine (C=N–C) groups is 1. The summed E-state index contributed by atoms with van der Waals surface area (Å²) in [5.41, 5.74) is 0.879. The fraction of sp³-hybridized carbons (Fsp3) is 0.462. The Kier molecular flexibility index (Phi) is 6.57. The van der Waals surface area contributed by atoms with Gasteiger partial charge in [-0.3, -0.25) is 4.99 Å². The number of benzene rings is 1. The molecule has 0 aromatic heterocycles. The van der Waals surface area contributed by atoms with Gasteiger partial charge in [0.2, 0.25) is 5.75 Å². The second-order valence-electron chi connectivity index (χ2n) is 3.50. The van der Waals surface area contributed by atoms with Gasteiger partial charge in [-0.15, -0.1) is 0 Å². The molecule has 0 saturated heterocycles. The molecule has 0 unspecified atom stereocenters. The van der Waals surface area contributed by atoms with Crippen molar-refractivity contribution in [2.45, 2.75) is 6.42 Å². The number of alkyl halides is 1. The fourth-order valence-corrected chi connectivity index (χ4v) is 1.79. The van der Waals surface area contributed by atoms with Crippen LogP contribution in [-0.2, 0) is 0 Å². The van der Waals surface area contributed by atoms with E-state index in [1.165, 1.54) is 0 Å². The minimum Gasteiger partial charge on any atom is -0.493 e. The van der Waals surface area contributed by atoms with Crippen LogP contribution in [0.2, 0.25) is 0 Å². The number of halogens is 1. The van der Waals surface area contributed by atoms with Crippen LogP contribution in [0, 0.1) is 0 Å². The highest BCUT2D eigenvalue weighted by atomic mass is 79.9. The van der Waals surface area contributed by atoms with Crippen LogP contribution in [0.5, 0.6) is 17.2 Å². The molecule has 0 fully saturated rings. The van der Waals surface area contributed by atoms with Crippen molar-refractivity contribution in [2.24, 2.45) is 4.99 Å². The summed E-state index contributed by atoms with van der Waals surface area (Å²) in [6.45, 7) is 0.781. The highest BCUT2D eigenvalue weighted by Gasteiger charge is 2.14. The smallest absolute Gasteiger partial charge is 0.203 e. The minimum atomic E-state index is 0.587. The van der Waals surface area contributed by atoms with Crippen molar-refractivity contribution in [3.05, 3.63) is 17.7 Å². The lowest BCUT2D eigenvalue weighted by Crippen LogP contribution is -1.98. The molecular weight excluding hydrogens is 298 g/mol. The molecule has 0 radical (unpaired) electrons. The van der Waals surface area contributed by atoms with Gasteiger partial charge in [-0.1, -0.05) is 15.9 Å². The first-order chi connectivity index (χ1) is 8.78. The third kappa shape index (κ3) is 3.63. The van der Waals surface area contributed by atoms with Gasteiger partial charge in [-0.2, -0.15) is 0 Å². The number of rotatable bonds is 7. The van der Waals surface area contributed by atoms with Gasteiger partial charge in [0.25, 0.3) is 0 Å². The molecule has 0 aliphatic heterocycles. The van der Waals surface area contributed by atoms with Gasteiger partial charge in [-0.25, -0.2) is 0 Å². The van der Waals surface area contributed by atoms with Gasteiger partial charge < -0.3 is 14.2 Å². The van der Waals surface area contributed by atoms with Crippen LogP contribution < -0.4 is 14.2 Å². The lowest BCUT2D eigenvalue weighted by Gasteiger charge is -2.13. The summed E-state index contributed by atoms with van der Waals surface area (Å²) >= 11 is 3.37. The fourth-order valence-electron chi connectivity index (χ4n) is 1.54. The molecule has 0 aliphatic carbocycles. The van der Waals surface area contributed by atoms with Crippen molar-refractivity contribution in [2.75, 3.05) is 33.2 Å². The molecule has 4 nitrogen and oxygen atoms in total. The van der Waals surface area contributed by atoms with Gasteiger partial charge >= 0.3 is 0 Å². The summed E-state index contributed by atoms with van der Waals surface area (Å²) in [7, 11) is 4.79. The van der Waals surface area contributed by atoms with E-state index in [0.717, 1.165) is 23.9 Å². The van der Waals surface area contributed by atoms with Crippen molar-refractivity contribution >= 4 is 22.1 Å². The summed E-state index contributed by atoms with van der Waals surface area (Å²) in [6.07, 6.45) is 2.80. The highest BCUT2D eigenvalue weighted by Crippen LogP contribution is 2.38. The van der Waals surface area contributed by atoms with Crippen molar-refractivity contribution in [3.8, 4) is 17.2 Å². The number of hydrogen-bond acceptors (Lipinski definition) is 4. The molecule has 0 aliphatic rings. The third-order valence-corrected chi connectivity index (χ3v) is 2.95. The summed E-state index contributed by atoms with van der Waals surface area (Å²) in [5.74, 6) is 1.87. The molecule has 1 rings (SSSR count). The predicted octanol–water partition coefficient (Wildman–Crippen LogP) is 2.92. The molecule has 18 heavy (non-hydrogen) atoms. The van der Waals surface area contributed by atoms with Gasteiger partial charge in [0.1, 0.15) is 0 Å². The normalized spacial score (nSPS) is 10.7. The van der Waals surface area contributed by atoms with Crippen LogP contribution in [-0.4, -0.2) is 39.4 Å². The van der Waals surface area contributed by atoms with Crippen molar-refractivity contribution in [3.63, 3.8) is 0 Å². The monoisotopic (exact) mass is 315 g/mol. The van der Waals surface area contributed by atoms with Crippen LogP contribution in [0.4, 0.5) is 0 Å². The lowest BCUT2D eigenvalue weighted by molar-refractivity contribution is 0.324. The van der Waals surface area contributed by atoms with E-state index in [9.17, 15) is 0 Å². The van der Waals surface area contributed by atoms with Crippen LogP contribution >= 0.6 is 15.9 Å². The minimum absolute atomic E-state index is 0.587. The van der Waals surface area contributed by atoms with Crippen LogP contribution in [0.3, 0.4) is 0 Å². The van der Waals surface area contributed by atoms with Gasteiger partial charge in [0.05, 0.1) is 21.3 Å². The molecule has 1 aromatic rings. The first-order valence-corrected chi connectivity index (χ1v) is 6.75. The molecule has 5 heteroatoms. The molecule has 0 amide bonds. The molecule has 1 aromatic carbocycles. The zero-order valence-corrected chi connectivity index (χ0v) is 12.5. The average molecular weight is 316 g/mol. The molecule has 0 spiro atoms. The van der Waals surface area contributed by atoms with E-state index in [0.29, 0.717) is 17.2 Å². The van der Waals surface area contributed by atoms with Crippen molar-refractivity contribution in [1.29, 1.82) is 0 Å². The summed E-state index contributed by atoms with van der Waals surface area (Å²) in [5, 5.41) is 0.952. The Morgan fingerprint density at radius 2 is 1.83 bits per heavy atom. The van der Waals surface area contributed by atoms with E-state index in [4.69, 9.17) is 14.2 Å². The maximum Gasteiger partial charge on any atom is 0.203 e. The summed E-state index contributed by atoms with van der Waals surface area (Å²) in [4.78, 5) is 4.34. The Bertz CT molecular complexity index is 407. The maximum atomic E-state index is 5.36. The largest absolute Gasteiger partial charge is 0.493 e. The molecule has 0 bridgehead atoms. The predicted molar refractivity (Wildman–Crippen MR) is 77.0 cm³/mol. The van der Waals surface area contributed by atoms with Crippen LogP contribution in [0.1, 0.15) is 12.0 Å². The molecule has 100 valence electrons. The maximum absolute atomic E-state index is 5.36. The van der Waals surface area contributed by atoms with E-state index >= 15 is 0 Å². The molecule has 0 heterocycles. The zero-order valence-electron chi connectivity index (χ0n) is 10.9. The van der Waals surface area contributed by atoms with Crippen molar-refractivity contribution < 1.29 is 14.2 Å². The topological polar surface area (TPSA) is 40.0 Å². The molecular formula is C13H18BrNO3. The van der Waals surface area contributed by atoms with E-state index < -0.39 is 0 Å². The number of ether oxygens (including phenoxy) is 3. The Hall–Kier alpha value is -1.23. The number of hydrogen-bond donors (Lipinski definition) is 0. The van der Waals surface area contributed by atoms with E-state index in [-0.39, 0.29) is 0 Å². The molecule has 0 saturated carbocycles. The Morgan fingerprint density at radius 3 is 2.39 bits per heavy atom. The zero-order chi connectivity index (χ0) is 13.4. The van der Waals surface area contributed by atoms with E-state index in [1.807, 2.05) is 12.1 Å². The third-order valence-electron chi connectivity index (χ3n) is 2.39. The van der Waals surface area contributed by atoms with E-state index in [1.54, 1.807) is 27.5 Å². The van der Waals surface area contributed by atoms with Gasteiger partial charge in [-0.05, 0) is 18.6 Å².